The maximum Gasteiger partial charge on any atom is 0.361 e. The second-order valence-electron chi connectivity index (χ2n) is 7.52. The summed E-state index contributed by atoms with van der Waals surface area (Å²) in [6.07, 6.45) is 0. The van der Waals surface area contributed by atoms with Gasteiger partial charge in [0.05, 0.1) is 13.2 Å². The Kier molecular flexibility index (Phi) is 7.92. The summed E-state index contributed by atoms with van der Waals surface area (Å²) >= 11 is 0. The van der Waals surface area contributed by atoms with Gasteiger partial charge in [-0.2, -0.15) is 10.3 Å². The third-order valence-corrected chi connectivity index (χ3v) is 5.16. The Morgan fingerprint density at radius 2 is 1.47 bits per heavy atom. The van der Waals surface area contributed by atoms with Gasteiger partial charge in [-0.15, -0.1) is 5.10 Å². The molecule has 4 aromatic rings. The fourth-order valence-electron chi connectivity index (χ4n) is 3.61. The molecule has 0 aliphatic heterocycles. The largest absolute Gasteiger partial charge is 0.490 e. The van der Waals surface area contributed by atoms with E-state index < -0.39 is 5.97 Å². The van der Waals surface area contributed by atoms with Gasteiger partial charge in [0.25, 0.3) is 5.91 Å². The van der Waals surface area contributed by atoms with Gasteiger partial charge in [-0.25, -0.2) is 4.79 Å². The van der Waals surface area contributed by atoms with E-state index in [1.165, 1.54) is 0 Å². The molecule has 0 saturated heterocycles. The van der Waals surface area contributed by atoms with Crippen molar-refractivity contribution < 1.29 is 23.8 Å². The molecule has 0 radical (unpaired) electrons. The lowest BCUT2D eigenvalue weighted by atomic mass is 10.1. The van der Waals surface area contributed by atoms with Crippen LogP contribution in [-0.4, -0.2) is 47.1 Å². The highest BCUT2D eigenvalue weighted by Crippen LogP contribution is 2.34. The van der Waals surface area contributed by atoms with Crippen LogP contribution in [0.15, 0.2) is 78.9 Å². The number of carbonyl (C=O) groups is 2. The standard InChI is InChI=1S/C27H26N4O5/c1-3-34-23-17-19(25-26(29-30-28-25)27(33)35-4-2)15-16-22(23)36-18-24(32)31(20-11-7-5-8-12-20)21-13-9-6-10-14-21/h5-17H,3-4,18H2,1-2H3,(H,28,29,30). The number of hydrogen-bond acceptors (Lipinski definition) is 7. The Morgan fingerprint density at radius 1 is 0.806 bits per heavy atom. The molecule has 1 aromatic heterocycles. The van der Waals surface area contributed by atoms with Gasteiger partial charge in [-0.3, -0.25) is 9.69 Å². The molecule has 0 fully saturated rings. The quantitative estimate of drug-likeness (QED) is 0.321. The van der Waals surface area contributed by atoms with Crippen LogP contribution >= 0.6 is 0 Å². The second-order valence-corrected chi connectivity index (χ2v) is 7.52. The molecule has 36 heavy (non-hydrogen) atoms. The Bertz CT molecular complexity index is 1270. The Morgan fingerprint density at radius 3 is 2.08 bits per heavy atom. The molecule has 0 aliphatic carbocycles. The molecule has 0 aliphatic rings. The van der Waals surface area contributed by atoms with E-state index in [1.807, 2.05) is 67.6 Å². The smallest absolute Gasteiger partial charge is 0.361 e. The van der Waals surface area contributed by atoms with Crippen LogP contribution in [0.5, 0.6) is 11.5 Å². The highest BCUT2D eigenvalue weighted by molar-refractivity contribution is 6.01. The van der Waals surface area contributed by atoms with E-state index >= 15 is 0 Å². The van der Waals surface area contributed by atoms with Crippen molar-refractivity contribution in [3.63, 3.8) is 0 Å². The maximum absolute atomic E-state index is 13.3. The summed E-state index contributed by atoms with van der Waals surface area (Å²) in [5.74, 6) is -0.0325. The lowest BCUT2D eigenvalue weighted by Gasteiger charge is -2.23. The van der Waals surface area contributed by atoms with Crippen molar-refractivity contribution in [3.8, 4) is 22.8 Å². The number of nitrogens with one attached hydrogen (secondary N) is 1. The number of hydrogen-bond donors (Lipinski definition) is 1. The number of anilines is 2. The Balaban J connectivity index is 1.57. The number of H-pyrrole nitrogens is 1. The van der Waals surface area contributed by atoms with Gasteiger partial charge in [-0.1, -0.05) is 36.4 Å². The van der Waals surface area contributed by atoms with E-state index in [-0.39, 0.29) is 24.8 Å². The highest BCUT2D eigenvalue weighted by Gasteiger charge is 2.22. The second kappa shape index (κ2) is 11.7. The minimum absolute atomic E-state index is 0.0736. The molecule has 3 aromatic carbocycles. The first-order valence-corrected chi connectivity index (χ1v) is 11.5. The fraction of sp³-hybridized carbons (Fsp3) is 0.185. The molecule has 0 bridgehead atoms. The van der Waals surface area contributed by atoms with E-state index in [0.29, 0.717) is 29.4 Å². The fourth-order valence-corrected chi connectivity index (χ4v) is 3.61. The molecule has 9 heteroatoms. The Labute approximate surface area is 208 Å². The van der Waals surface area contributed by atoms with Crippen molar-refractivity contribution in [3.05, 3.63) is 84.6 Å². The van der Waals surface area contributed by atoms with Gasteiger partial charge in [0, 0.05) is 16.9 Å². The summed E-state index contributed by atoms with van der Waals surface area (Å²) in [6.45, 7) is 3.93. The van der Waals surface area contributed by atoms with E-state index in [0.717, 1.165) is 11.4 Å². The van der Waals surface area contributed by atoms with Crippen LogP contribution in [0.25, 0.3) is 11.3 Å². The number of aromatic amines is 1. The van der Waals surface area contributed by atoms with Gasteiger partial charge >= 0.3 is 5.97 Å². The average molecular weight is 487 g/mol. The first-order chi connectivity index (χ1) is 17.6. The summed E-state index contributed by atoms with van der Waals surface area (Å²) in [5.41, 5.74) is 2.45. The first kappa shape index (κ1) is 24.5. The number of para-hydroxylation sites is 2. The highest BCUT2D eigenvalue weighted by atomic mass is 16.5. The minimum Gasteiger partial charge on any atom is -0.490 e. The van der Waals surface area contributed by atoms with Crippen LogP contribution in [0.2, 0.25) is 0 Å². The van der Waals surface area contributed by atoms with Crippen molar-refractivity contribution in [2.75, 3.05) is 24.7 Å². The summed E-state index contributed by atoms with van der Waals surface area (Å²) in [7, 11) is 0. The zero-order chi connectivity index (χ0) is 25.3. The normalized spacial score (nSPS) is 10.5. The van der Waals surface area contributed by atoms with Gasteiger partial charge in [-0.05, 0) is 56.3 Å². The van der Waals surface area contributed by atoms with Crippen molar-refractivity contribution in [1.29, 1.82) is 0 Å². The summed E-state index contributed by atoms with van der Waals surface area (Å²) in [6, 6.07) is 23.8. The molecule has 0 saturated carbocycles. The predicted octanol–water partition coefficient (Wildman–Crippen LogP) is 4.79. The Hall–Kier alpha value is -4.66. The zero-order valence-corrected chi connectivity index (χ0v) is 20.0. The van der Waals surface area contributed by atoms with Crippen LogP contribution in [0.4, 0.5) is 11.4 Å². The topological polar surface area (TPSA) is 107 Å². The molecule has 4 rings (SSSR count). The van der Waals surface area contributed by atoms with E-state index in [2.05, 4.69) is 15.4 Å². The molecule has 9 nitrogen and oxygen atoms in total. The van der Waals surface area contributed by atoms with Gasteiger partial charge < -0.3 is 14.2 Å². The van der Waals surface area contributed by atoms with Crippen LogP contribution in [0.1, 0.15) is 24.3 Å². The van der Waals surface area contributed by atoms with E-state index in [4.69, 9.17) is 14.2 Å². The lowest BCUT2D eigenvalue weighted by molar-refractivity contribution is -0.119. The summed E-state index contributed by atoms with van der Waals surface area (Å²) in [4.78, 5) is 27.1. The molecule has 1 heterocycles. The van der Waals surface area contributed by atoms with E-state index in [9.17, 15) is 9.59 Å². The van der Waals surface area contributed by atoms with Crippen LogP contribution < -0.4 is 14.4 Å². The van der Waals surface area contributed by atoms with Crippen LogP contribution in [-0.2, 0) is 9.53 Å². The molecule has 0 spiro atoms. The minimum atomic E-state index is -0.577. The number of amides is 1. The monoisotopic (exact) mass is 486 g/mol. The summed E-state index contributed by atoms with van der Waals surface area (Å²) < 4.78 is 16.7. The number of rotatable bonds is 10. The SMILES string of the molecule is CCOC(=O)c1n[nH]nc1-c1ccc(OCC(=O)N(c2ccccc2)c2ccccc2)c(OCC)c1. The molecular weight excluding hydrogens is 460 g/mol. The third kappa shape index (κ3) is 5.52. The number of carbonyl (C=O) groups excluding carboxylic acids is 2. The van der Waals surface area contributed by atoms with Gasteiger partial charge in [0.15, 0.2) is 23.8 Å². The number of esters is 1. The third-order valence-electron chi connectivity index (χ3n) is 5.16. The van der Waals surface area contributed by atoms with Crippen molar-refractivity contribution in [2.24, 2.45) is 0 Å². The lowest BCUT2D eigenvalue weighted by Crippen LogP contribution is -2.31. The molecule has 184 valence electrons. The van der Waals surface area contributed by atoms with Crippen molar-refractivity contribution in [2.45, 2.75) is 13.8 Å². The van der Waals surface area contributed by atoms with Crippen LogP contribution in [0.3, 0.4) is 0 Å². The van der Waals surface area contributed by atoms with Crippen molar-refractivity contribution >= 4 is 23.3 Å². The molecule has 1 amide bonds. The first-order valence-electron chi connectivity index (χ1n) is 11.5. The van der Waals surface area contributed by atoms with Crippen LogP contribution in [0, 0.1) is 0 Å². The number of ether oxygens (including phenoxy) is 3. The molecule has 0 atom stereocenters. The van der Waals surface area contributed by atoms with Gasteiger partial charge in [0.1, 0.15) is 5.69 Å². The summed E-state index contributed by atoms with van der Waals surface area (Å²) in [5, 5.41) is 10.5. The average Bonchev–Trinajstić information content (AvgIpc) is 3.40. The zero-order valence-electron chi connectivity index (χ0n) is 20.0. The number of nitrogens with zero attached hydrogens (tertiary/aromatic N) is 3. The molecular formula is C27H26N4O5. The van der Waals surface area contributed by atoms with Crippen molar-refractivity contribution in [1.82, 2.24) is 15.4 Å². The maximum atomic E-state index is 13.3. The predicted molar refractivity (Wildman–Crippen MR) is 134 cm³/mol. The number of benzene rings is 3. The number of aromatic nitrogens is 3. The van der Waals surface area contributed by atoms with Gasteiger partial charge in [0.2, 0.25) is 0 Å². The molecule has 0 unspecified atom stereocenters. The molecule has 1 N–H and O–H groups in total. The van der Waals surface area contributed by atoms with E-state index in [1.54, 1.807) is 30.0 Å².